The average Bonchev–Trinajstić information content (AvgIpc) is 3.01. The molecule has 1 saturated heterocycles. The quantitative estimate of drug-likeness (QED) is 0.403. The molecular formula is C23H30N2O6. The highest BCUT2D eigenvalue weighted by Crippen LogP contribution is 2.30. The molecule has 0 spiro atoms. The molecule has 0 aromatic heterocycles. The number of piperidine rings is 1. The van der Waals surface area contributed by atoms with Crippen molar-refractivity contribution >= 4 is 23.6 Å². The number of rotatable bonds is 12. The van der Waals surface area contributed by atoms with Gasteiger partial charge < -0.3 is 9.47 Å². The number of imide groups is 2. The molecule has 31 heavy (non-hydrogen) atoms. The molecule has 8 nitrogen and oxygen atoms in total. The number of nitrogens with zero attached hydrogens (tertiary/aromatic N) is 1. The van der Waals surface area contributed by atoms with E-state index in [2.05, 4.69) is 5.32 Å². The number of ether oxygens (including phenoxy) is 2. The van der Waals surface area contributed by atoms with Gasteiger partial charge in [-0.15, -0.1) is 0 Å². The van der Waals surface area contributed by atoms with E-state index in [1.54, 1.807) is 19.2 Å². The fraction of sp³-hybridized carbons (Fsp3) is 0.565. The molecule has 2 heterocycles. The second-order valence-electron chi connectivity index (χ2n) is 7.91. The van der Waals surface area contributed by atoms with Gasteiger partial charge in [0.25, 0.3) is 11.8 Å². The molecule has 1 fully saturated rings. The van der Waals surface area contributed by atoms with Crippen LogP contribution >= 0.6 is 0 Å². The molecule has 1 N–H and O–H groups in total. The molecule has 8 heteroatoms. The van der Waals surface area contributed by atoms with Gasteiger partial charge in [0.2, 0.25) is 11.8 Å². The Morgan fingerprint density at radius 1 is 0.968 bits per heavy atom. The molecule has 1 aromatic carbocycles. The minimum Gasteiger partial charge on any atom is -0.382 e. The number of amides is 4. The number of fused-ring (bicyclic) bond motifs is 1. The Balaban J connectivity index is 1.51. The number of carbonyl (C=O) groups is 4. The van der Waals surface area contributed by atoms with Crippen molar-refractivity contribution in [2.75, 3.05) is 26.9 Å². The van der Waals surface area contributed by atoms with Crippen LogP contribution in [-0.2, 0) is 25.5 Å². The van der Waals surface area contributed by atoms with Gasteiger partial charge in [-0.3, -0.25) is 29.4 Å². The summed E-state index contributed by atoms with van der Waals surface area (Å²) in [5, 5.41) is 2.22. The lowest BCUT2D eigenvalue weighted by molar-refractivity contribution is -0.136. The first-order chi connectivity index (χ1) is 15.0. The van der Waals surface area contributed by atoms with Gasteiger partial charge >= 0.3 is 0 Å². The number of hydrogen-bond donors (Lipinski definition) is 1. The summed E-state index contributed by atoms with van der Waals surface area (Å²) in [7, 11) is 1.65. The number of benzene rings is 1. The van der Waals surface area contributed by atoms with E-state index in [9.17, 15) is 19.2 Å². The number of methoxy groups -OCH3 is 1. The molecule has 2 aliphatic heterocycles. The summed E-state index contributed by atoms with van der Waals surface area (Å²) in [6.45, 7) is 1.98. The van der Waals surface area contributed by atoms with Gasteiger partial charge in [-0.2, -0.15) is 0 Å². The number of nitrogens with one attached hydrogen (secondary N) is 1. The zero-order valence-corrected chi connectivity index (χ0v) is 18.0. The smallest absolute Gasteiger partial charge is 0.262 e. The van der Waals surface area contributed by atoms with E-state index < -0.39 is 23.8 Å². The van der Waals surface area contributed by atoms with E-state index in [1.807, 2.05) is 6.07 Å². The van der Waals surface area contributed by atoms with Gasteiger partial charge in [-0.25, -0.2) is 0 Å². The maximum Gasteiger partial charge on any atom is 0.262 e. The van der Waals surface area contributed by atoms with Crippen molar-refractivity contribution in [2.45, 2.75) is 57.4 Å². The summed E-state index contributed by atoms with van der Waals surface area (Å²) in [6.07, 6.45) is 6.11. The van der Waals surface area contributed by atoms with Crippen LogP contribution in [0.2, 0.25) is 0 Å². The standard InChI is InChI=1S/C23H30N2O6/c1-30-14-15-31-13-6-4-2-3-5-8-16-9-7-10-17-20(16)23(29)25(22(17)28)18-11-12-19(26)24-21(18)27/h7,9-10,18H,2-6,8,11-15H2,1H3,(H,24,26,27). The SMILES string of the molecule is COCCOCCCCCCCc1cccc2c1C(=O)N(C1CCC(=O)NC1=O)C2=O. The Kier molecular flexibility index (Phi) is 8.31. The molecule has 1 aromatic rings. The largest absolute Gasteiger partial charge is 0.382 e. The van der Waals surface area contributed by atoms with Gasteiger partial charge in [-0.1, -0.05) is 31.4 Å². The van der Waals surface area contributed by atoms with Crippen molar-refractivity contribution in [1.82, 2.24) is 10.2 Å². The van der Waals surface area contributed by atoms with Crippen LogP contribution in [0.5, 0.6) is 0 Å². The minimum absolute atomic E-state index is 0.119. The summed E-state index contributed by atoms with van der Waals surface area (Å²) in [5.74, 6) is -1.85. The number of carbonyl (C=O) groups excluding carboxylic acids is 4. The predicted octanol–water partition coefficient (Wildman–Crippen LogP) is 2.24. The molecule has 3 rings (SSSR count). The maximum atomic E-state index is 13.1. The molecule has 0 radical (unpaired) electrons. The maximum absolute atomic E-state index is 13.1. The monoisotopic (exact) mass is 430 g/mol. The topological polar surface area (TPSA) is 102 Å². The third-order valence-corrected chi connectivity index (χ3v) is 5.72. The van der Waals surface area contributed by atoms with Crippen molar-refractivity contribution in [2.24, 2.45) is 0 Å². The summed E-state index contributed by atoms with van der Waals surface area (Å²) in [5.41, 5.74) is 1.60. The lowest BCUT2D eigenvalue weighted by atomic mass is 9.97. The molecular weight excluding hydrogens is 400 g/mol. The van der Waals surface area contributed by atoms with E-state index in [1.165, 1.54) is 0 Å². The first-order valence-electron chi connectivity index (χ1n) is 10.9. The number of aryl methyl sites for hydroxylation is 1. The van der Waals surface area contributed by atoms with Crippen LogP contribution in [0.3, 0.4) is 0 Å². The van der Waals surface area contributed by atoms with Crippen LogP contribution in [0.1, 0.15) is 71.2 Å². The molecule has 1 atom stereocenters. The van der Waals surface area contributed by atoms with Gasteiger partial charge in [0, 0.05) is 20.1 Å². The van der Waals surface area contributed by atoms with Crippen molar-refractivity contribution in [1.29, 1.82) is 0 Å². The van der Waals surface area contributed by atoms with E-state index in [0.29, 0.717) is 30.8 Å². The Hall–Kier alpha value is -2.58. The molecule has 1 unspecified atom stereocenters. The summed E-state index contributed by atoms with van der Waals surface area (Å²) in [6, 6.07) is 4.37. The van der Waals surface area contributed by atoms with Crippen LogP contribution in [0.15, 0.2) is 18.2 Å². The molecule has 4 amide bonds. The van der Waals surface area contributed by atoms with E-state index in [-0.39, 0.29) is 18.7 Å². The van der Waals surface area contributed by atoms with Gasteiger partial charge in [0.05, 0.1) is 24.3 Å². The van der Waals surface area contributed by atoms with E-state index >= 15 is 0 Å². The summed E-state index contributed by atoms with van der Waals surface area (Å²) in [4.78, 5) is 50.5. The van der Waals surface area contributed by atoms with Crippen molar-refractivity contribution in [3.8, 4) is 0 Å². The van der Waals surface area contributed by atoms with Gasteiger partial charge in [-0.05, 0) is 37.3 Å². The zero-order chi connectivity index (χ0) is 22.2. The van der Waals surface area contributed by atoms with E-state index in [0.717, 1.165) is 49.2 Å². The minimum atomic E-state index is -0.927. The lowest BCUT2D eigenvalue weighted by Crippen LogP contribution is -2.54. The van der Waals surface area contributed by atoms with Gasteiger partial charge in [0.1, 0.15) is 6.04 Å². The Morgan fingerprint density at radius 2 is 1.74 bits per heavy atom. The second kappa shape index (κ2) is 11.2. The van der Waals surface area contributed by atoms with Crippen LogP contribution in [0, 0.1) is 0 Å². The predicted molar refractivity (Wildman–Crippen MR) is 113 cm³/mol. The van der Waals surface area contributed by atoms with Gasteiger partial charge in [0.15, 0.2) is 0 Å². The van der Waals surface area contributed by atoms with Crippen molar-refractivity contribution in [3.63, 3.8) is 0 Å². The third-order valence-electron chi connectivity index (χ3n) is 5.72. The fourth-order valence-electron chi connectivity index (χ4n) is 4.09. The molecule has 168 valence electrons. The van der Waals surface area contributed by atoms with Crippen molar-refractivity contribution in [3.05, 3.63) is 34.9 Å². The van der Waals surface area contributed by atoms with Crippen molar-refractivity contribution < 1.29 is 28.7 Å². The average molecular weight is 431 g/mol. The normalized spacial score (nSPS) is 18.5. The molecule has 0 bridgehead atoms. The zero-order valence-electron chi connectivity index (χ0n) is 18.0. The van der Waals surface area contributed by atoms with Crippen LogP contribution in [0.4, 0.5) is 0 Å². The highest BCUT2D eigenvalue weighted by Gasteiger charge is 2.45. The second-order valence-corrected chi connectivity index (χ2v) is 7.91. The van der Waals surface area contributed by atoms with Crippen LogP contribution in [0.25, 0.3) is 0 Å². The first-order valence-corrected chi connectivity index (χ1v) is 10.9. The number of hydrogen-bond acceptors (Lipinski definition) is 6. The lowest BCUT2D eigenvalue weighted by Gasteiger charge is -2.27. The fourth-order valence-corrected chi connectivity index (χ4v) is 4.09. The Morgan fingerprint density at radius 3 is 2.52 bits per heavy atom. The van der Waals surface area contributed by atoms with Crippen LogP contribution in [-0.4, -0.2) is 61.5 Å². The highest BCUT2D eigenvalue weighted by molar-refractivity contribution is 6.24. The molecule has 0 saturated carbocycles. The third kappa shape index (κ3) is 5.57. The summed E-state index contributed by atoms with van der Waals surface area (Å²) >= 11 is 0. The highest BCUT2D eigenvalue weighted by atomic mass is 16.5. The Labute approximate surface area is 182 Å². The first kappa shape index (κ1) is 23.1. The number of unbranched alkanes of at least 4 members (excludes halogenated alkanes) is 4. The van der Waals surface area contributed by atoms with Crippen LogP contribution < -0.4 is 5.32 Å². The Bertz CT molecular complexity index is 837. The molecule has 0 aliphatic carbocycles. The van der Waals surface area contributed by atoms with E-state index in [4.69, 9.17) is 9.47 Å². The molecule has 2 aliphatic rings. The summed E-state index contributed by atoms with van der Waals surface area (Å²) < 4.78 is 10.4.